The van der Waals surface area contributed by atoms with Crippen molar-refractivity contribution in [2.45, 2.75) is 38.6 Å². The summed E-state index contributed by atoms with van der Waals surface area (Å²) in [6.07, 6.45) is 6.61. The number of nitrogens with zero attached hydrogens (tertiary/aromatic N) is 2. The summed E-state index contributed by atoms with van der Waals surface area (Å²) in [7, 11) is 3.20. The maximum Gasteiger partial charge on any atom is 0.241 e. The molecule has 1 N–H and O–H groups in total. The first-order valence-corrected chi connectivity index (χ1v) is 10.3. The van der Waals surface area contributed by atoms with Crippen LogP contribution in [-0.2, 0) is 24.2 Å². The quantitative estimate of drug-likeness (QED) is 0.476. The first kappa shape index (κ1) is 20.0. The summed E-state index contributed by atoms with van der Waals surface area (Å²) < 4.78 is 12.9. The van der Waals surface area contributed by atoms with Crippen molar-refractivity contribution in [3.05, 3.63) is 59.3 Å². The highest BCUT2D eigenvalue weighted by Crippen LogP contribution is 2.32. The van der Waals surface area contributed by atoms with Crippen LogP contribution in [0.3, 0.4) is 0 Å². The lowest BCUT2D eigenvalue weighted by atomic mass is 9.95. The topological polar surface area (TPSA) is 64.8 Å². The van der Waals surface area contributed by atoms with Gasteiger partial charge in [0.05, 0.1) is 20.4 Å². The Bertz CT molecular complexity index is 1080. The van der Waals surface area contributed by atoms with Gasteiger partial charge < -0.3 is 14.0 Å². The molecule has 0 unspecified atom stereocenters. The van der Waals surface area contributed by atoms with Crippen LogP contribution in [0.4, 0.5) is 0 Å². The van der Waals surface area contributed by atoms with Gasteiger partial charge in [-0.05, 0) is 55.5 Å². The molecule has 1 amide bonds. The number of carbonyl (C=O) groups excluding carboxylic acids is 1. The van der Waals surface area contributed by atoms with Crippen LogP contribution in [0.5, 0.6) is 11.5 Å². The number of hydrogen-bond donors (Lipinski definition) is 1. The van der Waals surface area contributed by atoms with E-state index in [2.05, 4.69) is 39.4 Å². The van der Waals surface area contributed by atoms with Crippen molar-refractivity contribution in [1.29, 1.82) is 0 Å². The molecule has 4 rings (SSSR count). The number of aryl methyl sites for hydroxylation is 2. The van der Waals surface area contributed by atoms with Crippen LogP contribution in [0.2, 0.25) is 0 Å². The highest BCUT2D eigenvalue weighted by atomic mass is 16.5. The zero-order valence-electron chi connectivity index (χ0n) is 17.5. The summed E-state index contributed by atoms with van der Waals surface area (Å²) in [6.45, 7) is 0.652. The molecule has 0 saturated carbocycles. The van der Waals surface area contributed by atoms with Crippen molar-refractivity contribution >= 4 is 23.0 Å². The van der Waals surface area contributed by atoms with Crippen LogP contribution in [0, 0.1) is 0 Å². The minimum Gasteiger partial charge on any atom is -0.497 e. The third kappa shape index (κ3) is 4.03. The second-order valence-electron chi connectivity index (χ2n) is 7.45. The number of hydrogen-bond acceptors (Lipinski definition) is 4. The molecular formula is C24H27N3O3. The Kier molecular flexibility index (Phi) is 6.02. The van der Waals surface area contributed by atoms with Gasteiger partial charge in [-0.15, -0.1) is 0 Å². The third-order valence-corrected chi connectivity index (χ3v) is 5.68. The molecule has 0 radical (unpaired) electrons. The molecule has 0 saturated heterocycles. The first-order valence-electron chi connectivity index (χ1n) is 10.3. The van der Waals surface area contributed by atoms with Gasteiger partial charge in [0.1, 0.15) is 11.5 Å². The van der Waals surface area contributed by atoms with E-state index >= 15 is 0 Å². The molecular weight excluding hydrogens is 378 g/mol. The van der Waals surface area contributed by atoms with E-state index in [9.17, 15) is 4.79 Å². The molecule has 6 heteroatoms. The Morgan fingerprint density at radius 3 is 2.80 bits per heavy atom. The minimum atomic E-state index is -0.115. The number of nitrogens with one attached hydrogen (secondary N) is 1. The minimum absolute atomic E-state index is 0.115. The molecule has 156 valence electrons. The molecule has 0 fully saturated rings. The normalized spacial score (nSPS) is 13.4. The lowest BCUT2D eigenvalue weighted by Crippen LogP contribution is -2.20. The maximum absolute atomic E-state index is 12.4. The van der Waals surface area contributed by atoms with Crippen molar-refractivity contribution in [3.63, 3.8) is 0 Å². The Balaban J connectivity index is 1.43. The molecule has 6 nitrogen and oxygen atoms in total. The molecule has 3 aromatic rings. The molecule has 1 aromatic heterocycles. The van der Waals surface area contributed by atoms with Crippen LogP contribution < -0.4 is 14.9 Å². The van der Waals surface area contributed by atoms with Crippen molar-refractivity contribution in [2.24, 2.45) is 5.10 Å². The van der Waals surface area contributed by atoms with E-state index in [-0.39, 0.29) is 5.91 Å². The Hall–Kier alpha value is -3.28. The lowest BCUT2D eigenvalue weighted by Gasteiger charge is -2.15. The number of aromatic nitrogens is 1. The summed E-state index contributed by atoms with van der Waals surface area (Å²) in [6, 6.07) is 13.9. The van der Waals surface area contributed by atoms with E-state index in [4.69, 9.17) is 9.47 Å². The average Bonchev–Trinajstić information content (AvgIpc) is 3.11. The first-order chi connectivity index (χ1) is 14.7. The Labute approximate surface area is 176 Å². The monoisotopic (exact) mass is 405 g/mol. The summed E-state index contributed by atoms with van der Waals surface area (Å²) >= 11 is 0. The van der Waals surface area contributed by atoms with Gasteiger partial charge in [0.2, 0.25) is 5.91 Å². The molecule has 1 aliphatic rings. The van der Waals surface area contributed by atoms with Crippen molar-refractivity contribution < 1.29 is 14.3 Å². The maximum atomic E-state index is 12.4. The molecule has 30 heavy (non-hydrogen) atoms. The Morgan fingerprint density at radius 2 is 1.97 bits per heavy atom. The van der Waals surface area contributed by atoms with E-state index in [1.807, 2.05) is 18.2 Å². The zero-order chi connectivity index (χ0) is 20.9. The van der Waals surface area contributed by atoms with E-state index in [1.54, 1.807) is 20.4 Å². The van der Waals surface area contributed by atoms with E-state index in [0.717, 1.165) is 18.4 Å². The fourth-order valence-corrected chi connectivity index (χ4v) is 4.23. The highest BCUT2D eigenvalue weighted by Gasteiger charge is 2.19. The number of ether oxygens (including phenoxy) is 2. The number of amides is 1. The van der Waals surface area contributed by atoms with E-state index in [1.165, 1.54) is 35.0 Å². The molecule has 1 heterocycles. The van der Waals surface area contributed by atoms with Crippen LogP contribution in [0.25, 0.3) is 10.9 Å². The number of rotatable bonds is 7. The number of methoxy groups -OCH3 is 2. The van der Waals surface area contributed by atoms with Crippen molar-refractivity contribution in [2.75, 3.05) is 14.2 Å². The average molecular weight is 405 g/mol. The molecule has 0 atom stereocenters. The van der Waals surface area contributed by atoms with Gasteiger partial charge in [-0.2, -0.15) is 5.10 Å². The van der Waals surface area contributed by atoms with Gasteiger partial charge in [-0.3, -0.25) is 4.79 Å². The van der Waals surface area contributed by atoms with Gasteiger partial charge in [0, 0.05) is 35.1 Å². The molecule has 2 aromatic carbocycles. The number of benzene rings is 2. The summed E-state index contributed by atoms with van der Waals surface area (Å²) in [4.78, 5) is 12.4. The number of hydrazone groups is 1. The lowest BCUT2D eigenvalue weighted by molar-refractivity contribution is -0.121. The molecule has 0 aliphatic heterocycles. The zero-order valence-corrected chi connectivity index (χ0v) is 17.5. The summed E-state index contributed by atoms with van der Waals surface area (Å²) in [5.74, 6) is 1.25. The smallest absolute Gasteiger partial charge is 0.241 e. The number of para-hydroxylation sites is 1. The van der Waals surface area contributed by atoms with Crippen LogP contribution in [0.1, 0.15) is 36.1 Å². The van der Waals surface area contributed by atoms with Gasteiger partial charge >= 0.3 is 0 Å². The fourth-order valence-electron chi connectivity index (χ4n) is 4.23. The van der Waals surface area contributed by atoms with Crippen LogP contribution in [-0.4, -0.2) is 30.9 Å². The van der Waals surface area contributed by atoms with Crippen molar-refractivity contribution in [1.82, 2.24) is 9.99 Å². The Morgan fingerprint density at radius 1 is 1.13 bits per heavy atom. The predicted octanol–water partition coefficient (Wildman–Crippen LogP) is 4.08. The predicted molar refractivity (Wildman–Crippen MR) is 118 cm³/mol. The third-order valence-electron chi connectivity index (χ3n) is 5.68. The summed E-state index contributed by atoms with van der Waals surface area (Å²) in [5, 5.41) is 5.44. The molecule has 1 aliphatic carbocycles. The highest BCUT2D eigenvalue weighted by molar-refractivity contribution is 5.87. The number of fused-ring (bicyclic) bond motifs is 3. The van der Waals surface area contributed by atoms with Crippen LogP contribution in [0.15, 0.2) is 47.6 Å². The fraction of sp³-hybridized carbons (Fsp3) is 0.333. The second-order valence-corrected chi connectivity index (χ2v) is 7.45. The molecule has 0 spiro atoms. The second kappa shape index (κ2) is 9.03. The molecule has 0 bridgehead atoms. The largest absolute Gasteiger partial charge is 0.497 e. The standard InChI is InChI=1S/C24H27N3O3/c1-29-18-11-12-23(30-2)17(15-18)16-25-26-24(28)13-14-27-21-9-5-3-7-19(21)20-8-4-6-10-22(20)27/h3,5,7,9,11-12,15-16H,4,6,8,10,13-14H2,1-2H3,(H,26,28)/b25-16+. The van der Waals surface area contributed by atoms with E-state index < -0.39 is 0 Å². The number of carbonyl (C=O) groups is 1. The van der Waals surface area contributed by atoms with Crippen molar-refractivity contribution in [3.8, 4) is 11.5 Å². The van der Waals surface area contributed by atoms with Crippen LogP contribution >= 0.6 is 0 Å². The van der Waals surface area contributed by atoms with Gasteiger partial charge in [0.15, 0.2) is 0 Å². The summed E-state index contributed by atoms with van der Waals surface area (Å²) in [5.41, 5.74) is 7.44. The van der Waals surface area contributed by atoms with Gasteiger partial charge in [-0.1, -0.05) is 18.2 Å². The van der Waals surface area contributed by atoms with Gasteiger partial charge in [0.25, 0.3) is 0 Å². The van der Waals surface area contributed by atoms with E-state index in [0.29, 0.717) is 24.5 Å². The van der Waals surface area contributed by atoms with Gasteiger partial charge in [-0.25, -0.2) is 5.43 Å². The SMILES string of the molecule is COc1ccc(OC)c(/C=N/NC(=O)CCn2c3c(c4ccccc42)CCCC3)c1.